The number of aromatic nitrogens is 4. The van der Waals surface area contributed by atoms with Gasteiger partial charge in [-0.25, -0.2) is 0 Å². The van der Waals surface area contributed by atoms with Crippen LogP contribution in [0.4, 0.5) is 0 Å². The first-order valence-electron chi connectivity index (χ1n) is 4.59. The number of aliphatic carboxylic acids is 1. The molecule has 0 saturated heterocycles. The van der Waals surface area contributed by atoms with Crippen LogP contribution < -0.4 is 0 Å². The number of nitrogens with zero attached hydrogens (tertiary/aromatic N) is 4. The summed E-state index contributed by atoms with van der Waals surface area (Å²) in [4.78, 5) is 23.7. The van der Waals surface area contributed by atoms with Crippen molar-refractivity contribution in [2.75, 3.05) is 6.54 Å². The number of aromatic amines is 1. The van der Waals surface area contributed by atoms with Gasteiger partial charge < -0.3 is 10.0 Å². The molecule has 0 radical (unpaired) electrons. The highest BCUT2D eigenvalue weighted by Gasteiger charge is 2.31. The lowest BCUT2D eigenvalue weighted by Gasteiger charge is -2.33. The zero-order chi connectivity index (χ0) is 12.3. The number of H-pyrrole nitrogens is 1. The minimum atomic E-state index is -1.09. The number of tetrazole rings is 1. The molecule has 0 aliphatic carbocycles. The maximum Gasteiger partial charge on any atom is 0.323 e. The van der Waals surface area contributed by atoms with Crippen LogP contribution in [0.3, 0.4) is 0 Å². The van der Waals surface area contributed by atoms with Crippen molar-refractivity contribution in [2.24, 2.45) is 0 Å². The number of nitrogens with one attached hydrogen (secondary N) is 1. The lowest BCUT2D eigenvalue weighted by molar-refractivity contribution is -0.138. The van der Waals surface area contributed by atoms with Crippen molar-refractivity contribution < 1.29 is 14.7 Å². The number of rotatable bonds is 3. The van der Waals surface area contributed by atoms with Crippen molar-refractivity contribution in [3.8, 4) is 0 Å². The standard InChI is InChI=1S/C8H13N5O3/c1-8(2,3)13(4-5(14)15)7(16)6-9-11-12-10-6/h4H2,1-3H3,(H,14,15)(H,9,10,11,12). The summed E-state index contributed by atoms with van der Waals surface area (Å²) in [5, 5.41) is 21.2. The van der Waals surface area contributed by atoms with E-state index in [0.29, 0.717) is 0 Å². The SMILES string of the molecule is CC(C)(C)N(CC(=O)O)C(=O)c1nn[nH]n1. The van der Waals surface area contributed by atoms with Crippen molar-refractivity contribution >= 4 is 11.9 Å². The van der Waals surface area contributed by atoms with E-state index in [2.05, 4.69) is 20.6 Å². The van der Waals surface area contributed by atoms with Crippen molar-refractivity contribution in [3.05, 3.63) is 5.82 Å². The molecule has 8 nitrogen and oxygen atoms in total. The van der Waals surface area contributed by atoms with Gasteiger partial charge in [0.25, 0.3) is 11.7 Å². The first-order valence-corrected chi connectivity index (χ1v) is 4.59. The van der Waals surface area contributed by atoms with Gasteiger partial charge in [0.2, 0.25) is 0 Å². The average molecular weight is 227 g/mol. The Morgan fingerprint density at radius 1 is 1.44 bits per heavy atom. The summed E-state index contributed by atoms with van der Waals surface area (Å²) in [6.45, 7) is 4.78. The molecule has 0 aliphatic rings. The van der Waals surface area contributed by atoms with Crippen LogP contribution in [0.1, 0.15) is 31.4 Å². The maximum absolute atomic E-state index is 11.9. The molecule has 0 spiro atoms. The lowest BCUT2D eigenvalue weighted by Crippen LogP contribution is -2.48. The highest BCUT2D eigenvalue weighted by molar-refractivity contribution is 5.92. The van der Waals surface area contributed by atoms with Crippen LogP contribution in [0.5, 0.6) is 0 Å². The minimum Gasteiger partial charge on any atom is -0.480 e. The molecule has 0 aliphatic heterocycles. The van der Waals surface area contributed by atoms with Gasteiger partial charge in [0.1, 0.15) is 6.54 Å². The second-order valence-corrected chi connectivity index (χ2v) is 4.19. The highest BCUT2D eigenvalue weighted by Crippen LogP contribution is 2.14. The third-order valence-corrected chi connectivity index (χ3v) is 1.88. The molecule has 1 aromatic rings. The molecule has 88 valence electrons. The van der Waals surface area contributed by atoms with Crippen LogP contribution in [0.25, 0.3) is 0 Å². The number of hydrogen-bond donors (Lipinski definition) is 2. The van der Waals surface area contributed by atoms with E-state index in [-0.39, 0.29) is 5.82 Å². The van der Waals surface area contributed by atoms with Gasteiger partial charge in [-0.2, -0.15) is 5.21 Å². The first-order chi connectivity index (χ1) is 7.32. The van der Waals surface area contributed by atoms with Gasteiger partial charge in [-0.05, 0) is 26.0 Å². The van der Waals surface area contributed by atoms with Gasteiger partial charge in [0, 0.05) is 5.54 Å². The summed E-state index contributed by atoms with van der Waals surface area (Å²) >= 11 is 0. The molecular formula is C8H13N5O3. The molecule has 8 heteroatoms. The van der Waals surface area contributed by atoms with Crippen molar-refractivity contribution in [1.82, 2.24) is 25.5 Å². The van der Waals surface area contributed by atoms with Gasteiger partial charge in [-0.3, -0.25) is 9.59 Å². The van der Waals surface area contributed by atoms with E-state index in [1.54, 1.807) is 20.8 Å². The molecule has 1 heterocycles. The number of carbonyl (C=O) groups is 2. The van der Waals surface area contributed by atoms with Crippen LogP contribution in [-0.2, 0) is 4.79 Å². The van der Waals surface area contributed by atoms with Crippen molar-refractivity contribution in [2.45, 2.75) is 26.3 Å². The smallest absolute Gasteiger partial charge is 0.323 e. The Morgan fingerprint density at radius 3 is 2.44 bits per heavy atom. The summed E-state index contributed by atoms with van der Waals surface area (Å²) in [6, 6.07) is 0. The predicted molar refractivity (Wildman–Crippen MR) is 52.6 cm³/mol. The normalized spacial score (nSPS) is 11.2. The minimum absolute atomic E-state index is 0.142. The fourth-order valence-electron chi connectivity index (χ4n) is 1.12. The molecule has 0 unspecified atom stereocenters. The molecule has 16 heavy (non-hydrogen) atoms. The van der Waals surface area contributed by atoms with E-state index < -0.39 is 24.0 Å². The van der Waals surface area contributed by atoms with E-state index in [9.17, 15) is 9.59 Å². The predicted octanol–water partition coefficient (Wildman–Crippen LogP) is -0.475. The Kier molecular flexibility index (Phi) is 3.21. The Balaban J connectivity index is 2.94. The second kappa shape index (κ2) is 4.25. The molecule has 1 aromatic heterocycles. The summed E-state index contributed by atoms with van der Waals surface area (Å²) < 4.78 is 0. The van der Waals surface area contributed by atoms with E-state index in [4.69, 9.17) is 5.11 Å². The first kappa shape index (κ1) is 12.1. The second-order valence-electron chi connectivity index (χ2n) is 4.19. The number of carboxylic acids is 1. The summed E-state index contributed by atoms with van der Waals surface area (Å²) in [5.74, 6) is -1.80. The molecule has 1 amide bonds. The van der Waals surface area contributed by atoms with Crippen LogP contribution >= 0.6 is 0 Å². The number of carbonyl (C=O) groups excluding carboxylic acids is 1. The van der Waals surface area contributed by atoms with Gasteiger partial charge in [0.15, 0.2) is 0 Å². The van der Waals surface area contributed by atoms with Gasteiger partial charge in [-0.15, -0.1) is 10.2 Å². The largest absolute Gasteiger partial charge is 0.480 e. The molecule has 2 N–H and O–H groups in total. The molecule has 0 bridgehead atoms. The van der Waals surface area contributed by atoms with Crippen molar-refractivity contribution in [1.29, 1.82) is 0 Å². The monoisotopic (exact) mass is 227 g/mol. The number of amides is 1. The highest BCUT2D eigenvalue weighted by atomic mass is 16.4. The molecule has 1 rings (SSSR count). The van der Waals surface area contributed by atoms with E-state index >= 15 is 0 Å². The fraction of sp³-hybridized carbons (Fsp3) is 0.625. The summed E-state index contributed by atoms with van der Waals surface area (Å²) in [6.07, 6.45) is 0. The molecule has 0 fully saturated rings. The van der Waals surface area contributed by atoms with Crippen LogP contribution in [-0.4, -0.2) is 54.6 Å². The third-order valence-electron chi connectivity index (χ3n) is 1.88. The lowest BCUT2D eigenvalue weighted by atomic mass is 10.1. The molecule has 0 saturated carbocycles. The summed E-state index contributed by atoms with van der Waals surface area (Å²) in [5.41, 5.74) is -0.629. The Labute approximate surface area is 91.6 Å². The molecule has 0 aromatic carbocycles. The average Bonchev–Trinajstić information content (AvgIpc) is 2.63. The van der Waals surface area contributed by atoms with Crippen LogP contribution in [0, 0.1) is 0 Å². The van der Waals surface area contributed by atoms with Gasteiger partial charge >= 0.3 is 5.97 Å². The van der Waals surface area contributed by atoms with Crippen LogP contribution in [0.2, 0.25) is 0 Å². The van der Waals surface area contributed by atoms with Gasteiger partial charge in [0.05, 0.1) is 0 Å². The van der Waals surface area contributed by atoms with E-state index in [1.807, 2.05) is 0 Å². The Bertz CT molecular complexity index is 381. The van der Waals surface area contributed by atoms with Crippen molar-refractivity contribution in [3.63, 3.8) is 0 Å². The van der Waals surface area contributed by atoms with Crippen LogP contribution in [0.15, 0.2) is 0 Å². The van der Waals surface area contributed by atoms with Gasteiger partial charge in [-0.1, -0.05) is 0 Å². The topological polar surface area (TPSA) is 112 Å². The zero-order valence-electron chi connectivity index (χ0n) is 9.26. The fourth-order valence-corrected chi connectivity index (χ4v) is 1.12. The number of carboxylic acid groups (broad SMARTS) is 1. The third kappa shape index (κ3) is 2.75. The quantitative estimate of drug-likeness (QED) is 0.721. The Morgan fingerprint density at radius 2 is 2.06 bits per heavy atom. The molecule has 0 atom stereocenters. The maximum atomic E-state index is 11.9. The summed E-state index contributed by atoms with van der Waals surface area (Å²) in [7, 11) is 0. The Hall–Kier alpha value is -1.99. The molecular weight excluding hydrogens is 214 g/mol. The van der Waals surface area contributed by atoms with E-state index in [1.165, 1.54) is 4.90 Å². The number of hydrogen-bond acceptors (Lipinski definition) is 5. The zero-order valence-corrected chi connectivity index (χ0v) is 9.26. The van der Waals surface area contributed by atoms with E-state index in [0.717, 1.165) is 0 Å².